The number of hydrogen-bond donors (Lipinski definition) is 2. The van der Waals surface area contributed by atoms with Crippen LogP contribution in [0.1, 0.15) is 0 Å². The molecule has 3 nitrogen and oxygen atoms in total. The summed E-state index contributed by atoms with van der Waals surface area (Å²) in [6, 6.07) is 11.1. The number of hydrogen-bond acceptors (Lipinski definition) is 3. The number of aliphatic hydroxyl groups excluding tert-OH is 1. The van der Waals surface area contributed by atoms with Crippen molar-refractivity contribution in [3.05, 3.63) is 58.3 Å². The Morgan fingerprint density at radius 3 is 2.43 bits per heavy atom. The second-order valence-electron chi connectivity index (χ2n) is 4.37. The fraction of sp³-hybridized carbons (Fsp3) is 0.200. The van der Waals surface area contributed by atoms with Gasteiger partial charge in [-0.2, -0.15) is 0 Å². The summed E-state index contributed by atoms with van der Waals surface area (Å²) < 4.78 is 18.6. The molecule has 0 aliphatic rings. The third-order valence-electron chi connectivity index (χ3n) is 2.75. The SMILES string of the molecule is OC(CNc1c(Cl)cccc1Cl)COc1ccccc1F. The van der Waals surface area contributed by atoms with Gasteiger partial charge < -0.3 is 15.2 Å². The molecule has 0 spiro atoms. The summed E-state index contributed by atoms with van der Waals surface area (Å²) in [7, 11) is 0. The van der Waals surface area contributed by atoms with Gasteiger partial charge in [0.2, 0.25) is 0 Å². The number of para-hydroxylation sites is 2. The van der Waals surface area contributed by atoms with E-state index in [1.54, 1.807) is 30.3 Å². The van der Waals surface area contributed by atoms with E-state index in [0.29, 0.717) is 15.7 Å². The molecule has 21 heavy (non-hydrogen) atoms. The van der Waals surface area contributed by atoms with Gasteiger partial charge in [0.25, 0.3) is 0 Å². The van der Waals surface area contributed by atoms with Crippen molar-refractivity contribution in [3.8, 4) is 5.75 Å². The Kier molecular flexibility index (Phi) is 5.67. The van der Waals surface area contributed by atoms with Crippen LogP contribution in [0.15, 0.2) is 42.5 Å². The lowest BCUT2D eigenvalue weighted by atomic mass is 10.3. The maximum atomic E-state index is 13.3. The summed E-state index contributed by atoms with van der Waals surface area (Å²) in [5.41, 5.74) is 0.547. The predicted molar refractivity (Wildman–Crippen MR) is 82.9 cm³/mol. The van der Waals surface area contributed by atoms with E-state index >= 15 is 0 Å². The summed E-state index contributed by atoms with van der Waals surface area (Å²) in [5.74, 6) is -0.362. The molecule has 0 saturated carbocycles. The van der Waals surface area contributed by atoms with E-state index in [0.717, 1.165) is 0 Å². The Balaban J connectivity index is 1.85. The average molecular weight is 330 g/mol. The first-order valence-electron chi connectivity index (χ1n) is 6.31. The highest BCUT2D eigenvalue weighted by Crippen LogP contribution is 2.29. The van der Waals surface area contributed by atoms with E-state index in [1.165, 1.54) is 12.1 Å². The molecule has 0 aliphatic carbocycles. The van der Waals surface area contributed by atoms with Gasteiger partial charge in [-0.05, 0) is 24.3 Å². The number of rotatable bonds is 6. The molecule has 0 bridgehead atoms. The van der Waals surface area contributed by atoms with E-state index in [2.05, 4.69) is 5.32 Å². The lowest BCUT2D eigenvalue weighted by Crippen LogP contribution is -2.26. The van der Waals surface area contributed by atoms with Gasteiger partial charge in [-0.1, -0.05) is 41.4 Å². The number of halogens is 3. The van der Waals surface area contributed by atoms with Gasteiger partial charge >= 0.3 is 0 Å². The number of benzene rings is 2. The second kappa shape index (κ2) is 7.50. The third kappa shape index (κ3) is 4.49. The Hall–Kier alpha value is -1.49. The summed E-state index contributed by atoms with van der Waals surface area (Å²) in [4.78, 5) is 0. The van der Waals surface area contributed by atoms with Gasteiger partial charge in [0.05, 0.1) is 15.7 Å². The minimum atomic E-state index is -0.836. The minimum Gasteiger partial charge on any atom is -0.488 e. The highest BCUT2D eigenvalue weighted by atomic mass is 35.5. The second-order valence-corrected chi connectivity index (χ2v) is 5.19. The first-order chi connectivity index (χ1) is 10.1. The molecule has 6 heteroatoms. The van der Waals surface area contributed by atoms with Crippen molar-refractivity contribution in [3.63, 3.8) is 0 Å². The molecule has 112 valence electrons. The van der Waals surface area contributed by atoms with Crippen molar-refractivity contribution in [1.82, 2.24) is 0 Å². The molecule has 1 atom stereocenters. The molecular weight excluding hydrogens is 316 g/mol. The van der Waals surface area contributed by atoms with Gasteiger partial charge in [0.1, 0.15) is 12.7 Å². The highest BCUT2D eigenvalue weighted by Gasteiger charge is 2.10. The minimum absolute atomic E-state index is 0.0456. The molecule has 0 fully saturated rings. The zero-order valence-corrected chi connectivity index (χ0v) is 12.5. The Labute approximate surface area is 132 Å². The normalized spacial score (nSPS) is 12.0. The van der Waals surface area contributed by atoms with Crippen molar-refractivity contribution >= 4 is 28.9 Å². The van der Waals surface area contributed by atoms with Gasteiger partial charge in [0.15, 0.2) is 11.6 Å². The van der Waals surface area contributed by atoms with Crippen LogP contribution in [0.25, 0.3) is 0 Å². The quantitative estimate of drug-likeness (QED) is 0.842. The molecule has 0 heterocycles. The number of nitrogens with one attached hydrogen (secondary N) is 1. The average Bonchev–Trinajstić information content (AvgIpc) is 2.46. The van der Waals surface area contributed by atoms with Crippen LogP contribution in [0.4, 0.5) is 10.1 Å². The standard InChI is InChI=1S/C15H14Cl2FNO2/c16-11-4-3-5-12(17)15(11)19-8-10(20)9-21-14-7-2-1-6-13(14)18/h1-7,10,19-20H,8-9H2. The smallest absolute Gasteiger partial charge is 0.165 e. The van der Waals surface area contributed by atoms with Crippen molar-refractivity contribution in [1.29, 1.82) is 0 Å². The van der Waals surface area contributed by atoms with Gasteiger partial charge in [0, 0.05) is 6.54 Å². The van der Waals surface area contributed by atoms with E-state index in [4.69, 9.17) is 27.9 Å². The van der Waals surface area contributed by atoms with E-state index in [1.807, 2.05) is 0 Å². The number of ether oxygens (including phenoxy) is 1. The number of aliphatic hydroxyl groups is 1. The summed E-state index contributed by atoms with van der Waals surface area (Å²) in [5, 5.41) is 13.7. The summed E-state index contributed by atoms with van der Waals surface area (Å²) in [6.45, 7) is 0.133. The van der Waals surface area contributed by atoms with Crippen LogP contribution in [-0.4, -0.2) is 24.4 Å². The molecule has 0 radical (unpaired) electrons. The highest BCUT2D eigenvalue weighted by molar-refractivity contribution is 6.39. The molecule has 0 amide bonds. The van der Waals surface area contributed by atoms with E-state index in [9.17, 15) is 9.50 Å². The number of anilines is 1. The fourth-order valence-electron chi connectivity index (χ4n) is 1.69. The van der Waals surface area contributed by atoms with Crippen LogP contribution in [0.5, 0.6) is 5.75 Å². The monoisotopic (exact) mass is 329 g/mol. The molecule has 0 aromatic heterocycles. The lowest BCUT2D eigenvalue weighted by Gasteiger charge is -2.15. The van der Waals surface area contributed by atoms with Crippen LogP contribution in [0, 0.1) is 5.82 Å². The molecule has 0 aliphatic heterocycles. The molecule has 2 rings (SSSR count). The molecular formula is C15H14Cl2FNO2. The Morgan fingerprint density at radius 1 is 1.10 bits per heavy atom. The van der Waals surface area contributed by atoms with Crippen molar-refractivity contribution in [2.45, 2.75) is 6.10 Å². The van der Waals surface area contributed by atoms with E-state index in [-0.39, 0.29) is 18.9 Å². The Bertz CT molecular complexity index is 590. The molecule has 1 unspecified atom stereocenters. The van der Waals surface area contributed by atoms with Gasteiger partial charge in [-0.15, -0.1) is 0 Å². The van der Waals surface area contributed by atoms with Crippen LogP contribution >= 0.6 is 23.2 Å². The largest absolute Gasteiger partial charge is 0.488 e. The van der Waals surface area contributed by atoms with Crippen LogP contribution < -0.4 is 10.1 Å². The van der Waals surface area contributed by atoms with E-state index < -0.39 is 11.9 Å². The molecule has 2 aromatic carbocycles. The zero-order valence-electron chi connectivity index (χ0n) is 11.0. The van der Waals surface area contributed by atoms with Crippen LogP contribution in [0.2, 0.25) is 10.0 Å². The third-order valence-corrected chi connectivity index (χ3v) is 3.38. The lowest BCUT2D eigenvalue weighted by molar-refractivity contribution is 0.115. The topological polar surface area (TPSA) is 41.5 Å². The predicted octanol–water partition coefficient (Wildman–Crippen LogP) is 3.98. The van der Waals surface area contributed by atoms with Crippen molar-refractivity contribution in [2.24, 2.45) is 0 Å². The molecule has 2 N–H and O–H groups in total. The maximum absolute atomic E-state index is 13.3. The van der Waals surface area contributed by atoms with Gasteiger partial charge in [-0.25, -0.2) is 4.39 Å². The summed E-state index contributed by atoms with van der Waals surface area (Å²) >= 11 is 12.0. The first-order valence-corrected chi connectivity index (χ1v) is 7.07. The zero-order chi connectivity index (χ0) is 15.2. The first kappa shape index (κ1) is 15.9. The molecule has 0 saturated heterocycles. The maximum Gasteiger partial charge on any atom is 0.165 e. The van der Waals surface area contributed by atoms with Crippen molar-refractivity contribution < 1.29 is 14.2 Å². The van der Waals surface area contributed by atoms with Crippen molar-refractivity contribution in [2.75, 3.05) is 18.5 Å². The van der Waals surface area contributed by atoms with Crippen LogP contribution in [0.3, 0.4) is 0 Å². The van der Waals surface area contributed by atoms with Gasteiger partial charge in [-0.3, -0.25) is 0 Å². The molecule has 2 aromatic rings. The van der Waals surface area contributed by atoms with Crippen LogP contribution in [-0.2, 0) is 0 Å². The summed E-state index contributed by atoms with van der Waals surface area (Å²) in [6.07, 6.45) is -0.836. The fourth-order valence-corrected chi connectivity index (χ4v) is 2.22. The Morgan fingerprint density at radius 2 is 1.76 bits per heavy atom.